The van der Waals surface area contributed by atoms with Crippen LogP contribution in [0.1, 0.15) is 108 Å². The number of rotatable bonds is 8. The summed E-state index contributed by atoms with van der Waals surface area (Å²) >= 11 is 13.5. The molecule has 2 saturated heterocycles. The van der Waals surface area contributed by atoms with Gasteiger partial charge in [0.2, 0.25) is 0 Å². The number of ether oxygens (including phenoxy) is 1. The quantitative estimate of drug-likeness (QED) is 0.0811. The Kier molecular flexibility index (Phi) is 26.8. The summed E-state index contributed by atoms with van der Waals surface area (Å²) in [6.45, 7) is 21.0. The lowest BCUT2D eigenvalue weighted by Gasteiger charge is -2.32. The Morgan fingerprint density at radius 1 is 0.404 bits per heavy atom. The van der Waals surface area contributed by atoms with Gasteiger partial charge in [0.1, 0.15) is 54.2 Å². The number of aromatic hydroxyl groups is 2. The number of hydrogen-bond donors (Lipinski definition) is 4. The second-order valence-electron chi connectivity index (χ2n) is 25.4. The Morgan fingerprint density at radius 3 is 1.01 bits per heavy atom. The van der Waals surface area contributed by atoms with E-state index in [1.54, 1.807) is 48.5 Å². The van der Waals surface area contributed by atoms with Crippen molar-refractivity contribution in [1.29, 1.82) is 26.3 Å². The average Bonchev–Trinajstić information content (AvgIpc) is 1.63. The molecule has 104 heavy (non-hydrogen) atoms. The highest BCUT2D eigenvalue weighted by atomic mass is 79.9. The van der Waals surface area contributed by atoms with Crippen molar-refractivity contribution in [3.05, 3.63) is 217 Å². The molecular formula is C75H67B3Br2N10O9S5. The molecule has 13 aromatic rings. The number of aromatic nitrogens is 5. The monoisotopic (exact) mass is 1600 g/mol. The number of benzene rings is 8. The maximum Gasteiger partial charge on any atom is 0.494 e. The minimum Gasteiger partial charge on any atom is -0.508 e. The van der Waals surface area contributed by atoms with Crippen molar-refractivity contribution >= 4 is 177 Å². The molecule has 0 aliphatic carbocycles. The molecule has 5 aromatic heterocycles. The van der Waals surface area contributed by atoms with E-state index in [1.165, 1.54) is 73.4 Å². The average molecular weight is 1610 g/mol. The van der Waals surface area contributed by atoms with Crippen LogP contribution in [-0.4, -0.2) is 88.9 Å². The number of phenols is 2. The van der Waals surface area contributed by atoms with Crippen molar-refractivity contribution in [1.82, 2.24) is 24.9 Å². The van der Waals surface area contributed by atoms with Crippen LogP contribution < -0.4 is 21.1 Å². The van der Waals surface area contributed by atoms with E-state index in [9.17, 15) is 0 Å². The van der Waals surface area contributed by atoms with E-state index in [0.717, 1.165) is 89.5 Å². The minimum atomic E-state index is -1.36. The highest BCUT2D eigenvalue weighted by Gasteiger charge is 2.52. The van der Waals surface area contributed by atoms with Gasteiger partial charge in [-0.15, -0.1) is 56.7 Å². The lowest BCUT2D eigenvalue weighted by atomic mass is 9.79. The predicted octanol–water partition coefficient (Wildman–Crippen LogP) is 15.9. The van der Waals surface area contributed by atoms with Crippen LogP contribution in [-0.2, 0) is 35.9 Å². The van der Waals surface area contributed by atoms with Gasteiger partial charge in [0.05, 0.1) is 73.5 Å². The van der Waals surface area contributed by atoms with E-state index in [0.29, 0.717) is 37.1 Å². The van der Waals surface area contributed by atoms with Gasteiger partial charge < -0.3 is 43.6 Å². The largest absolute Gasteiger partial charge is 0.508 e. The van der Waals surface area contributed by atoms with Crippen molar-refractivity contribution in [2.45, 2.75) is 109 Å². The topological polar surface area (TPSA) is 310 Å². The number of aryl methyl sites for hydroxylation is 2. The molecule has 29 heteroatoms. The first-order chi connectivity index (χ1) is 49.5. The van der Waals surface area contributed by atoms with Gasteiger partial charge in [-0.1, -0.05) is 117 Å². The molecule has 0 unspecified atom stereocenters. The van der Waals surface area contributed by atoms with E-state index in [2.05, 4.69) is 143 Å². The number of phenolic OH excluding ortho intramolecular Hbond substituents is 2. The molecule has 19 nitrogen and oxygen atoms in total. The highest BCUT2D eigenvalue weighted by molar-refractivity contribution is 9.08. The second-order valence-corrected chi connectivity index (χ2v) is 31.6. The van der Waals surface area contributed by atoms with Crippen LogP contribution in [0.3, 0.4) is 0 Å². The van der Waals surface area contributed by atoms with Gasteiger partial charge in [-0.05, 0) is 192 Å². The zero-order valence-electron chi connectivity index (χ0n) is 58.0. The summed E-state index contributed by atoms with van der Waals surface area (Å²) in [5.41, 5.74) is 11.4. The predicted molar refractivity (Wildman–Crippen MR) is 425 cm³/mol. The van der Waals surface area contributed by atoms with Crippen LogP contribution in [0.15, 0.2) is 164 Å². The third kappa shape index (κ3) is 20.7. The van der Waals surface area contributed by atoms with Crippen LogP contribution >= 0.6 is 88.5 Å². The van der Waals surface area contributed by atoms with Crippen molar-refractivity contribution in [3.8, 4) is 47.6 Å². The number of alkyl halides is 2. The molecule has 7 heterocycles. The molecule has 8 aromatic carbocycles. The first-order valence-corrected chi connectivity index (χ1v) is 38.3. The lowest BCUT2D eigenvalue weighted by molar-refractivity contribution is 0.00578. The second kappa shape index (κ2) is 35.2. The fraction of sp³-hybridized carbons (Fsp3) is 0.227. The fourth-order valence-corrected chi connectivity index (χ4v) is 14.4. The molecule has 0 spiro atoms. The van der Waals surface area contributed by atoms with Crippen LogP contribution in [0, 0.1) is 70.5 Å². The van der Waals surface area contributed by atoms with E-state index < -0.39 is 7.12 Å². The van der Waals surface area contributed by atoms with Gasteiger partial charge >= 0.3 is 21.4 Å². The number of nitriles is 5. The van der Waals surface area contributed by atoms with Gasteiger partial charge in [0.15, 0.2) is 25.0 Å². The first kappa shape index (κ1) is 79.1. The van der Waals surface area contributed by atoms with Crippen molar-refractivity contribution in [2.75, 3.05) is 0 Å². The fourth-order valence-electron chi connectivity index (χ4n) is 9.56. The molecule has 524 valence electrons. The number of thiazole rings is 5. The zero-order chi connectivity index (χ0) is 75.1. The van der Waals surface area contributed by atoms with Crippen LogP contribution in [0.5, 0.6) is 17.2 Å². The number of halogens is 2. The SMILES string of the molecule is CC1(C)OB(c2ccc(CBr)cc2)OC1(C)C.CC1(C)OB(c2ccc(COc3ccc4nc(C#N)sc4c3)cc2)OC1(C)C.Cc1ccc2nc(C#N)sc2c1.Cc1ccc2nc(C#N)sc2c1.N#Cc1nc2ccc(O)cc2s1.N#Cc1nc2ccc(O)cc2s1.OB(O)c1ccc(CBr)cc1. The summed E-state index contributed by atoms with van der Waals surface area (Å²) in [5, 5.41) is 83.0. The molecule has 0 amide bonds. The molecule has 2 aliphatic heterocycles. The molecule has 2 fully saturated rings. The highest BCUT2D eigenvalue weighted by Crippen LogP contribution is 2.38. The summed E-state index contributed by atoms with van der Waals surface area (Å²) in [6, 6.07) is 61.0. The summed E-state index contributed by atoms with van der Waals surface area (Å²) in [5.74, 6) is 1.17. The maximum absolute atomic E-state index is 9.11. The Bertz CT molecular complexity index is 4980. The smallest absolute Gasteiger partial charge is 0.494 e. The van der Waals surface area contributed by atoms with Crippen LogP contribution in [0.2, 0.25) is 0 Å². The summed E-state index contributed by atoms with van der Waals surface area (Å²) < 4.78 is 34.9. The summed E-state index contributed by atoms with van der Waals surface area (Å²) in [4.78, 5) is 20.5. The lowest BCUT2D eigenvalue weighted by Crippen LogP contribution is -2.41. The van der Waals surface area contributed by atoms with E-state index >= 15 is 0 Å². The molecule has 0 bridgehead atoms. The summed E-state index contributed by atoms with van der Waals surface area (Å²) in [7, 11) is -1.98. The molecule has 2 aliphatic rings. The molecule has 0 saturated carbocycles. The van der Waals surface area contributed by atoms with E-state index in [-0.39, 0.29) is 48.1 Å². The van der Waals surface area contributed by atoms with Crippen molar-refractivity contribution in [2.24, 2.45) is 0 Å². The number of nitrogens with zero attached hydrogens (tertiary/aromatic N) is 10. The Labute approximate surface area is 640 Å². The molecular weight excluding hydrogens is 1540 g/mol. The molecule has 4 N–H and O–H groups in total. The van der Waals surface area contributed by atoms with Gasteiger partial charge in [0.25, 0.3) is 0 Å². The Morgan fingerprint density at radius 2 is 0.692 bits per heavy atom. The zero-order valence-corrected chi connectivity index (χ0v) is 65.3. The first-order valence-electron chi connectivity index (χ1n) is 32.0. The molecule has 15 rings (SSSR count). The van der Waals surface area contributed by atoms with Gasteiger partial charge in [0, 0.05) is 10.7 Å². The Hall–Kier alpha value is -9.03. The van der Waals surface area contributed by atoms with Crippen molar-refractivity contribution < 1.29 is 43.6 Å². The van der Waals surface area contributed by atoms with E-state index in [1.807, 2.05) is 129 Å². The number of fused-ring (bicyclic) bond motifs is 5. The van der Waals surface area contributed by atoms with Crippen molar-refractivity contribution in [3.63, 3.8) is 0 Å². The van der Waals surface area contributed by atoms with E-state index in [4.69, 9.17) is 69.9 Å². The van der Waals surface area contributed by atoms with Crippen LogP contribution in [0.4, 0.5) is 0 Å². The third-order valence-electron chi connectivity index (χ3n) is 16.7. The maximum atomic E-state index is 9.11. The molecule has 0 atom stereocenters. The Balaban J connectivity index is 0.000000145. The summed E-state index contributed by atoms with van der Waals surface area (Å²) in [6.07, 6.45) is 0. The van der Waals surface area contributed by atoms with Crippen LogP contribution in [0.25, 0.3) is 51.1 Å². The third-order valence-corrected chi connectivity index (χ3v) is 22.6. The number of hydrogen-bond acceptors (Lipinski definition) is 24. The van der Waals surface area contributed by atoms with Gasteiger partial charge in [-0.3, -0.25) is 0 Å². The standard InChI is InChI=1S/C21H21BN2O3S.C13H18BBrO2.2C9H6N2S.2C8H4N2OS.C7H8BBrO2/c1-20(2)21(3,4)27-22(26-20)15-7-5-14(6-8-15)13-25-16-9-10-17-18(11-16)28-19(12-23)24-17;1-12(2)13(3,4)17-14(16-12)11-7-5-10(9-15)6-8-11;2*1-6-2-3-7-8(4-6)12-9(5-10)11-7;2*9-4-8-10-6-2-1-5(11)3-7(6)12-8;9-5-6-1-3-7(4-2-6)8(10)11/h5-11H,13H2,1-4H3;5-8H,9H2,1-4H3;2*2-4H,1H3;2*1-3,11H;1-4,10-11H,5H2. The van der Waals surface area contributed by atoms with Gasteiger partial charge in [-0.25, -0.2) is 24.9 Å². The minimum absolute atomic E-state index is 0.204. The van der Waals surface area contributed by atoms with Gasteiger partial charge in [-0.2, -0.15) is 26.3 Å². The molecule has 0 radical (unpaired) electrons. The normalized spacial score (nSPS) is 13.9.